The summed E-state index contributed by atoms with van der Waals surface area (Å²) in [5.74, 6) is 0.680. The van der Waals surface area contributed by atoms with E-state index in [1.807, 2.05) is 0 Å². The number of nitrogen functional groups attached to an aromatic ring is 1. The van der Waals surface area contributed by atoms with Crippen LogP contribution in [-0.2, 0) is 0 Å². The summed E-state index contributed by atoms with van der Waals surface area (Å²) in [5, 5.41) is 0.876. The van der Waals surface area contributed by atoms with Crippen molar-refractivity contribution in [2.75, 3.05) is 5.73 Å². The molecule has 7 heteroatoms. The lowest BCUT2D eigenvalue weighted by Gasteiger charge is -2.07. The van der Waals surface area contributed by atoms with Crippen LogP contribution in [0.2, 0.25) is 10.0 Å². The number of benzene rings is 1. The predicted molar refractivity (Wildman–Crippen MR) is 70.7 cm³/mol. The summed E-state index contributed by atoms with van der Waals surface area (Å²) in [6, 6.07) is 4.88. The number of aromatic nitrogens is 2. The number of nitrogens with zero attached hydrogens (tertiary/aromatic N) is 2. The van der Waals surface area contributed by atoms with Gasteiger partial charge < -0.3 is 10.5 Å². The molecule has 2 aromatic rings. The summed E-state index contributed by atoms with van der Waals surface area (Å²) in [6.07, 6.45) is 1.49. The van der Waals surface area contributed by atoms with Crippen LogP contribution in [0, 0.1) is 0 Å². The van der Waals surface area contributed by atoms with Gasteiger partial charge in [0.15, 0.2) is 5.75 Å². The molecule has 0 radical (unpaired) electrons. The van der Waals surface area contributed by atoms with E-state index in [0.717, 1.165) is 0 Å². The molecular formula is C10H6BrCl2N3O. The van der Waals surface area contributed by atoms with E-state index >= 15 is 0 Å². The molecule has 0 atom stereocenters. The number of rotatable bonds is 2. The van der Waals surface area contributed by atoms with Gasteiger partial charge in [-0.25, -0.2) is 4.98 Å². The fourth-order valence-electron chi connectivity index (χ4n) is 1.08. The SMILES string of the molecule is Nc1ccnc(Oc2cc(Cl)c(Br)cc2Cl)n1. The van der Waals surface area contributed by atoms with Gasteiger partial charge in [0, 0.05) is 16.7 Å². The molecular weight excluding hydrogens is 329 g/mol. The number of hydrogen-bond acceptors (Lipinski definition) is 4. The van der Waals surface area contributed by atoms with Gasteiger partial charge in [-0.15, -0.1) is 0 Å². The molecule has 0 unspecified atom stereocenters. The molecule has 4 nitrogen and oxygen atoms in total. The third-order valence-electron chi connectivity index (χ3n) is 1.83. The second-order valence-corrected chi connectivity index (χ2v) is 4.73. The number of ether oxygens (including phenoxy) is 1. The number of halogens is 3. The minimum atomic E-state index is 0.116. The van der Waals surface area contributed by atoms with Crippen LogP contribution < -0.4 is 10.5 Å². The Kier molecular flexibility index (Phi) is 3.71. The highest BCUT2D eigenvalue weighted by molar-refractivity contribution is 9.10. The first-order valence-corrected chi connectivity index (χ1v) is 6.02. The molecule has 0 bridgehead atoms. The fourth-order valence-corrected chi connectivity index (χ4v) is 1.92. The number of anilines is 1. The van der Waals surface area contributed by atoms with Crippen LogP contribution in [0.4, 0.5) is 5.82 Å². The average molecular weight is 335 g/mol. The monoisotopic (exact) mass is 333 g/mol. The lowest BCUT2D eigenvalue weighted by molar-refractivity contribution is 0.443. The lowest BCUT2D eigenvalue weighted by Crippen LogP contribution is -1.96. The van der Waals surface area contributed by atoms with Crippen molar-refractivity contribution < 1.29 is 4.74 Å². The molecule has 0 amide bonds. The van der Waals surface area contributed by atoms with Crippen molar-refractivity contribution in [2.45, 2.75) is 0 Å². The topological polar surface area (TPSA) is 61.0 Å². The summed E-state index contributed by atoms with van der Waals surface area (Å²) in [7, 11) is 0. The van der Waals surface area contributed by atoms with Gasteiger partial charge in [0.1, 0.15) is 5.82 Å². The molecule has 0 aliphatic heterocycles. The Hall–Kier alpha value is -1.04. The zero-order valence-corrected chi connectivity index (χ0v) is 11.4. The van der Waals surface area contributed by atoms with Crippen LogP contribution in [0.1, 0.15) is 0 Å². The quantitative estimate of drug-likeness (QED) is 0.845. The van der Waals surface area contributed by atoms with Crippen LogP contribution in [0.5, 0.6) is 11.8 Å². The molecule has 0 aliphatic rings. The van der Waals surface area contributed by atoms with Crippen LogP contribution in [0.15, 0.2) is 28.9 Å². The average Bonchev–Trinajstić information content (AvgIpc) is 2.26. The minimum absolute atomic E-state index is 0.116. The lowest BCUT2D eigenvalue weighted by atomic mass is 10.3. The maximum atomic E-state index is 5.99. The molecule has 0 spiro atoms. The number of hydrogen-bond donors (Lipinski definition) is 1. The molecule has 0 aliphatic carbocycles. The van der Waals surface area contributed by atoms with Crippen LogP contribution >= 0.6 is 39.1 Å². The van der Waals surface area contributed by atoms with Crippen molar-refractivity contribution in [3.63, 3.8) is 0 Å². The van der Waals surface area contributed by atoms with E-state index < -0.39 is 0 Å². The minimum Gasteiger partial charge on any atom is -0.423 e. The van der Waals surface area contributed by atoms with Crippen molar-refractivity contribution in [1.29, 1.82) is 0 Å². The fraction of sp³-hybridized carbons (Fsp3) is 0. The van der Waals surface area contributed by atoms with E-state index in [4.69, 9.17) is 33.7 Å². The van der Waals surface area contributed by atoms with E-state index in [1.165, 1.54) is 6.20 Å². The van der Waals surface area contributed by atoms with Gasteiger partial charge in [0.25, 0.3) is 0 Å². The Balaban J connectivity index is 2.33. The summed E-state index contributed by atoms with van der Waals surface area (Å²) in [5.41, 5.74) is 5.51. The van der Waals surface area contributed by atoms with Crippen LogP contribution in [0.3, 0.4) is 0 Å². The predicted octanol–water partition coefficient (Wildman–Crippen LogP) is 3.92. The summed E-state index contributed by atoms with van der Waals surface area (Å²) in [6.45, 7) is 0. The van der Waals surface area contributed by atoms with E-state index in [0.29, 0.717) is 26.1 Å². The highest BCUT2D eigenvalue weighted by Gasteiger charge is 2.09. The van der Waals surface area contributed by atoms with Crippen molar-refractivity contribution in [3.8, 4) is 11.8 Å². The van der Waals surface area contributed by atoms with E-state index in [2.05, 4.69) is 25.9 Å². The number of nitrogens with two attached hydrogens (primary N) is 1. The molecule has 0 saturated heterocycles. The van der Waals surface area contributed by atoms with Crippen molar-refractivity contribution in [1.82, 2.24) is 9.97 Å². The van der Waals surface area contributed by atoms with Gasteiger partial charge >= 0.3 is 6.01 Å². The Morgan fingerprint density at radius 1 is 1.24 bits per heavy atom. The van der Waals surface area contributed by atoms with Gasteiger partial charge in [0.05, 0.1) is 10.0 Å². The van der Waals surface area contributed by atoms with Gasteiger partial charge in [-0.05, 0) is 28.1 Å². The van der Waals surface area contributed by atoms with Crippen LogP contribution in [0.25, 0.3) is 0 Å². The first-order chi connectivity index (χ1) is 8.06. The molecule has 0 saturated carbocycles. The Labute approximate surface area is 116 Å². The first-order valence-electron chi connectivity index (χ1n) is 4.47. The summed E-state index contributed by atoms with van der Waals surface area (Å²) >= 11 is 15.2. The molecule has 1 aromatic heterocycles. The van der Waals surface area contributed by atoms with Crippen molar-refractivity contribution in [2.24, 2.45) is 0 Å². The third kappa shape index (κ3) is 3.00. The van der Waals surface area contributed by atoms with E-state index in [9.17, 15) is 0 Å². The normalized spacial score (nSPS) is 10.3. The first kappa shape index (κ1) is 12.4. The molecule has 17 heavy (non-hydrogen) atoms. The highest BCUT2D eigenvalue weighted by atomic mass is 79.9. The Bertz CT molecular complexity index is 565. The highest BCUT2D eigenvalue weighted by Crippen LogP contribution is 2.35. The molecule has 0 fully saturated rings. The third-order valence-corrected chi connectivity index (χ3v) is 3.32. The standard InChI is InChI=1S/C10H6BrCl2N3O/c11-5-3-7(13)8(4-6(5)12)17-10-15-2-1-9(14)16-10/h1-4H,(H2,14,15,16). The van der Waals surface area contributed by atoms with Gasteiger partial charge in [0.2, 0.25) is 0 Å². The zero-order chi connectivity index (χ0) is 12.4. The second-order valence-electron chi connectivity index (χ2n) is 3.06. The van der Waals surface area contributed by atoms with Gasteiger partial charge in [-0.2, -0.15) is 4.98 Å². The molecule has 2 N–H and O–H groups in total. The largest absolute Gasteiger partial charge is 0.423 e. The summed E-state index contributed by atoms with van der Waals surface area (Å²) in [4.78, 5) is 7.79. The molecule has 2 rings (SSSR count). The molecule has 88 valence electrons. The molecule has 1 aromatic carbocycles. The smallest absolute Gasteiger partial charge is 0.323 e. The second kappa shape index (κ2) is 5.08. The van der Waals surface area contributed by atoms with Gasteiger partial charge in [-0.3, -0.25) is 0 Å². The van der Waals surface area contributed by atoms with E-state index in [-0.39, 0.29) is 6.01 Å². The zero-order valence-electron chi connectivity index (χ0n) is 8.32. The van der Waals surface area contributed by atoms with Crippen molar-refractivity contribution in [3.05, 3.63) is 38.9 Å². The van der Waals surface area contributed by atoms with E-state index in [1.54, 1.807) is 18.2 Å². The maximum absolute atomic E-state index is 5.99. The Morgan fingerprint density at radius 2 is 2.00 bits per heavy atom. The summed E-state index contributed by atoms with van der Waals surface area (Å²) < 4.78 is 6.07. The van der Waals surface area contributed by atoms with Crippen LogP contribution in [-0.4, -0.2) is 9.97 Å². The Morgan fingerprint density at radius 3 is 2.71 bits per heavy atom. The van der Waals surface area contributed by atoms with Gasteiger partial charge in [-0.1, -0.05) is 23.2 Å². The molecule has 1 heterocycles. The van der Waals surface area contributed by atoms with Crippen molar-refractivity contribution >= 4 is 44.9 Å². The maximum Gasteiger partial charge on any atom is 0.323 e.